The molecule has 0 spiro atoms. The summed E-state index contributed by atoms with van der Waals surface area (Å²) in [7, 11) is 0. The zero-order chi connectivity index (χ0) is 34.6. The van der Waals surface area contributed by atoms with Crippen molar-refractivity contribution in [1.29, 1.82) is 0 Å². The average Bonchev–Trinajstić information content (AvgIpc) is 3.44. The van der Waals surface area contributed by atoms with Crippen molar-refractivity contribution in [2.75, 3.05) is 16.3 Å². The minimum Gasteiger partial charge on any atom is -0.511 e. The van der Waals surface area contributed by atoms with Crippen LogP contribution in [0, 0.1) is 18.7 Å². The molecular weight excluding hydrogens is 808 g/mol. The Morgan fingerprint density at radius 2 is 1.37 bits per heavy atom. The van der Waals surface area contributed by atoms with Crippen LogP contribution in [-0.2, 0) is 31.9 Å². The summed E-state index contributed by atoms with van der Waals surface area (Å²) in [6.07, 6.45) is 1.90. The van der Waals surface area contributed by atoms with Gasteiger partial charge >= 0.3 is 0 Å². The molecule has 0 aliphatic carbocycles. The van der Waals surface area contributed by atoms with Crippen LogP contribution in [0.25, 0.3) is 27.6 Å². The van der Waals surface area contributed by atoms with Crippen molar-refractivity contribution in [3.8, 4) is 17.3 Å². The number of hydrogen-bond acceptors (Lipinski definition) is 4. The molecule has 0 unspecified atom stereocenters. The molecule has 7 aromatic rings. The van der Waals surface area contributed by atoms with Gasteiger partial charge in [0, 0.05) is 55.7 Å². The molecule has 0 fully saturated rings. The van der Waals surface area contributed by atoms with E-state index in [1.165, 1.54) is 16.8 Å². The van der Waals surface area contributed by atoms with Gasteiger partial charge in [-0.25, -0.2) is 11.5 Å². The number of rotatable bonds is 5. The molecule has 260 valence electrons. The molecule has 1 aliphatic heterocycles. The van der Waals surface area contributed by atoms with E-state index < -0.39 is 0 Å². The molecule has 1 aliphatic rings. The normalized spacial score (nSPS) is 13.3. The zero-order valence-corrected chi connectivity index (χ0v) is 32.1. The molecule has 51 heavy (non-hydrogen) atoms. The molecule has 0 radical (unpaired) electrons. The quantitative estimate of drug-likeness (QED) is 0.162. The van der Waals surface area contributed by atoms with E-state index in [0.29, 0.717) is 11.5 Å². The van der Waals surface area contributed by atoms with Crippen molar-refractivity contribution < 1.29 is 25.8 Å². The SMILES string of the molecule is CC(C)(C)c1ccnc(-n2c3[c-]c(Oc4[c-]c(N5[CH-]CN(c6ccccc6C(C)(C)C)c6ccccc65)ccc4)ccc3c3ccccc32)c1.[Pt]. The summed E-state index contributed by atoms with van der Waals surface area (Å²) in [5.74, 6) is 2.11. The second-order valence-corrected chi connectivity index (χ2v) is 15.0. The fraction of sp³-hybridized carbons (Fsp3) is 0.200. The van der Waals surface area contributed by atoms with E-state index in [2.05, 4.69) is 172 Å². The van der Waals surface area contributed by atoms with Gasteiger partial charge in [-0.05, 0) is 63.7 Å². The van der Waals surface area contributed by atoms with E-state index >= 15 is 0 Å². The Balaban J connectivity index is 0.00000406. The van der Waals surface area contributed by atoms with Crippen LogP contribution >= 0.6 is 0 Å². The fourth-order valence-corrected chi connectivity index (χ4v) is 6.99. The van der Waals surface area contributed by atoms with Crippen molar-refractivity contribution >= 4 is 44.6 Å². The van der Waals surface area contributed by atoms with Crippen molar-refractivity contribution in [2.45, 2.75) is 52.4 Å². The van der Waals surface area contributed by atoms with Crippen molar-refractivity contribution in [3.63, 3.8) is 0 Å². The third kappa shape index (κ3) is 6.45. The number of nitrogens with zero attached hydrogens (tertiary/aromatic N) is 4. The number of para-hydroxylation sites is 4. The molecule has 6 heteroatoms. The van der Waals surface area contributed by atoms with E-state index in [4.69, 9.17) is 9.72 Å². The van der Waals surface area contributed by atoms with Crippen LogP contribution in [-0.4, -0.2) is 16.1 Å². The van der Waals surface area contributed by atoms with Crippen molar-refractivity contribution in [1.82, 2.24) is 9.55 Å². The number of fused-ring (bicyclic) bond motifs is 4. The summed E-state index contributed by atoms with van der Waals surface area (Å²) < 4.78 is 8.71. The maximum Gasteiger partial charge on any atom is 0.135 e. The molecule has 5 aromatic carbocycles. The maximum atomic E-state index is 6.52. The molecule has 0 bridgehead atoms. The van der Waals surface area contributed by atoms with Crippen molar-refractivity contribution in [2.24, 2.45) is 0 Å². The van der Waals surface area contributed by atoms with Gasteiger partial charge in [-0.3, -0.25) is 0 Å². The van der Waals surface area contributed by atoms with Crippen LogP contribution in [0.4, 0.5) is 22.7 Å². The smallest absolute Gasteiger partial charge is 0.135 e. The van der Waals surface area contributed by atoms with Crippen LogP contribution in [0.2, 0.25) is 0 Å². The van der Waals surface area contributed by atoms with E-state index in [1.54, 1.807) is 0 Å². The van der Waals surface area contributed by atoms with Gasteiger partial charge in [0.1, 0.15) is 5.82 Å². The molecular formula is C45H41N4OPt-3. The second-order valence-electron chi connectivity index (χ2n) is 15.0. The Morgan fingerprint density at radius 3 is 2.16 bits per heavy atom. The van der Waals surface area contributed by atoms with Crippen LogP contribution in [0.15, 0.2) is 121 Å². The fourth-order valence-electron chi connectivity index (χ4n) is 6.99. The summed E-state index contributed by atoms with van der Waals surface area (Å²) in [5, 5.41) is 2.26. The van der Waals surface area contributed by atoms with Crippen LogP contribution in [0.1, 0.15) is 52.7 Å². The molecule has 0 amide bonds. The van der Waals surface area contributed by atoms with Gasteiger partial charge in [0.05, 0.1) is 5.69 Å². The number of ether oxygens (including phenoxy) is 1. The van der Waals surface area contributed by atoms with Crippen molar-refractivity contribution in [3.05, 3.63) is 151 Å². The summed E-state index contributed by atoms with van der Waals surface area (Å²) >= 11 is 0. The summed E-state index contributed by atoms with van der Waals surface area (Å²) in [5.41, 5.74) is 8.97. The summed E-state index contributed by atoms with van der Waals surface area (Å²) in [4.78, 5) is 9.44. The minimum atomic E-state index is -0.00319. The van der Waals surface area contributed by atoms with Gasteiger partial charge in [0.2, 0.25) is 0 Å². The third-order valence-electron chi connectivity index (χ3n) is 9.51. The van der Waals surface area contributed by atoms with Gasteiger partial charge < -0.3 is 19.1 Å². The number of benzene rings is 5. The maximum absolute atomic E-state index is 6.52. The monoisotopic (exact) mass is 848 g/mol. The Bertz CT molecular complexity index is 2360. The first kappa shape index (κ1) is 34.6. The van der Waals surface area contributed by atoms with E-state index in [1.807, 2.05) is 24.4 Å². The van der Waals surface area contributed by atoms with Gasteiger partial charge in [-0.15, -0.1) is 41.4 Å². The van der Waals surface area contributed by atoms with Crippen LogP contribution in [0.5, 0.6) is 11.5 Å². The Labute approximate surface area is 315 Å². The number of anilines is 4. The largest absolute Gasteiger partial charge is 0.511 e. The first-order chi connectivity index (χ1) is 24.1. The van der Waals surface area contributed by atoms with E-state index in [9.17, 15) is 0 Å². The first-order valence-electron chi connectivity index (χ1n) is 17.3. The molecule has 2 aromatic heterocycles. The van der Waals surface area contributed by atoms with E-state index in [0.717, 1.165) is 51.2 Å². The molecule has 3 heterocycles. The molecule has 0 saturated carbocycles. The van der Waals surface area contributed by atoms with Gasteiger partial charge in [-0.1, -0.05) is 102 Å². The van der Waals surface area contributed by atoms with Gasteiger partial charge in [0.25, 0.3) is 0 Å². The predicted octanol–water partition coefficient (Wildman–Crippen LogP) is 11.6. The van der Waals surface area contributed by atoms with Crippen LogP contribution in [0.3, 0.4) is 0 Å². The molecule has 0 atom stereocenters. The Hall–Kier alpha value is -4.86. The molecule has 0 saturated heterocycles. The second kappa shape index (κ2) is 13.4. The number of pyridine rings is 1. The van der Waals surface area contributed by atoms with Crippen LogP contribution < -0.4 is 14.5 Å². The predicted molar refractivity (Wildman–Crippen MR) is 206 cm³/mol. The standard InChI is InChI=1S/C45H41N4O.Pt/c1-44(2,3)31-24-25-46-43(28-31)49-38-18-9-7-16-35(38)36-23-22-34(30-42(36)49)50-33-15-13-14-32(29-33)47-26-27-48(41-21-12-11-20-40(41)47)39-19-10-8-17-37(39)45(4,5)6;/h7-26,28H,27H2,1-6H3;/q-3;. The van der Waals surface area contributed by atoms with E-state index in [-0.39, 0.29) is 31.9 Å². The third-order valence-corrected chi connectivity index (χ3v) is 9.51. The van der Waals surface area contributed by atoms with Gasteiger partial charge in [0.15, 0.2) is 0 Å². The zero-order valence-electron chi connectivity index (χ0n) is 29.8. The molecule has 0 N–H and O–H groups in total. The minimum absolute atomic E-state index is 0. The number of aromatic nitrogens is 2. The first-order valence-corrected chi connectivity index (χ1v) is 17.3. The summed E-state index contributed by atoms with van der Waals surface area (Å²) in [6, 6.07) is 47.3. The number of hydrogen-bond donors (Lipinski definition) is 0. The molecule has 8 rings (SSSR count). The topological polar surface area (TPSA) is 33.5 Å². The average molecular weight is 849 g/mol. The van der Waals surface area contributed by atoms with Gasteiger partial charge in [-0.2, -0.15) is 12.1 Å². The summed E-state index contributed by atoms with van der Waals surface area (Å²) in [6.45, 7) is 16.4. The Morgan fingerprint density at radius 1 is 0.667 bits per heavy atom. The molecule has 5 nitrogen and oxygen atoms in total. The Kier molecular flexibility index (Phi) is 9.06.